The van der Waals surface area contributed by atoms with Gasteiger partial charge in [-0.15, -0.1) is 0 Å². The molecule has 0 fully saturated rings. The number of benzene rings is 1. The fourth-order valence-corrected chi connectivity index (χ4v) is 1.73. The summed E-state index contributed by atoms with van der Waals surface area (Å²) in [5.41, 5.74) is 0.703. The molecular formula is C13H14Cl2O3. The second-order valence-electron chi connectivity index (χ2n) is 3.64. The minimum absolute atomic E-state index is 0.140. The van der Waals surface area contributed by atoms with E-state index in [4.69, 9.17) is 27.9 Å². The Labute approximate surface area is 116 Å². The number of hydrogen-bond donors (Lipinski definition) is 1. The molecule has 0 heterocycles. The van der Waals surface area contributed by atoms with Gasteiger partial charge in [0.1, 0.15) is 0 Å². The molecule has 0 amide bonds. The van der Waals surface area contributed by atoms with E-state index in [9.17, 15) is 9.90 Å². The fourth-order valence-electron chi connectivity index (χ4n) is 1.36. The predicted molar refractivity (Wildman–Crippen MR) is 72.8 cm³/mol. The van der Waals surface area contributed by atoms with Crippen LogP contribution in [0.25, 0.3) is 6.08 Å². The summed E-state index contributed by atoms with van der Waals surface area (Å²) in [6.45, 7) is 3.43. The number of aliphatic hydroxyl groups excluding tert-OH is 1. The largest absolute Gasteiger partial charge is 0.463 e. The van der Waals surface area contributed by atoms with Crippen molar-refractivity contribution in [2.45, 2.75) is 20.0 Å². The van der Waals surface area contributed by atoms with Gasteiger partial charge in [0, 0.05) is 0 Å². The minimum atomic E-state index is -0.945. The van der Waals surface area contributed by atoms with E-state index >= 15 is 0 Å². The van der Waals surface area contributed by atoms with Gasteiger partial charge in [-0.05, 0) is 31.6 Å². The van der Waals surface area contributed by atoms with E-state index in [1.165, 1.54) is 13.0 Å². The average molecular weight is 289 g/mol. The molecule has 0 spiro atoms. The van der Waals surface area contributed by atoms with Crippen molar-refractivity contribution in [1.29, 1.82) is 0 Å². The second-order valence-corrected chi connectivity index (χ2v) is 4.42. The normalized spacial score (nSPS) is 13.3. The molecule has 0 aliphatic carbocycles. The maximum absolute atomic E-state index is 11.7. The third-order valence-corrected chi connectivity index (χ3v) is 3.09. The van der Waals surface area contributed by atoms with Crippen LogP contribution in [0, 0.1) is 0 Å². The highest BCUT2D eigenvalue weighted by molar-refractivity contribution is 6.42. The Morgan fingerprint density at radius 1 is 1.50 bits per heavy atom. The molecule has 1 atom stereocenters. The van der Waals surface area contributed by atoms with Crippen LogP contribution in [0.1, 0.15) is 19.4 Å². The van der Waals surface area contributed by atoms with Gasteiger partial charge in [-0.1, -0.05) is 35.3 Å². The molecule has 0 aliphatic heterocycles. The SMILES string of the molecule is CCOC(=O)/C(=C\c1cccc(Cl)c1Cl)C(C)O. The van der Waals surface area contributed by atoms with Crippen LogP contribution >= 0.6 is 23.2 Å². The van der Waals surface area contributed by atoms with Gasteiger partial charge >= 0.3 is 5.97 Å². The lowest BCUT2D eigenvalue weighted by molar-refractivity contribution is -0.139. The Morgan fingerprint density at radius 2 is 2.17 bits per heavy atom. The molecule has 0 radical (unpaired) electrons. The van der Waals surface area contributed by atoms with Crippen molar-refractivity contribution in [1.82, 2.24) is 0 Å². The highest BCUT2D eigenvalue weighted by atomic mass is 35.5. The molecule has 0 saturated heterocycles. The minimum Gasteiger partial charge on any atom is -0.463 e. The maximum atomic E-state index is 11.7. The lowest BCUT2D eigenvalue weighted by Crippen LogP contribution is -2.17. The van der Waals surface area contributed by atoms with Crippen LogP contribution in [0.4, 0.5) is 0 Å². The highest BCUT2D eigenvalue weighted by Gasteiger charge is 2.17. The molecule has 1 N–H and O–H groups in total. The van der Waals surface area contributed by atoms with E-state index in [0.29, 0.717) is 15.6 Å². The van der Waals surface area contributed by atoms with E-state index in [1.54, 1.807) is 25.1 Å². The molecule has 1 aromatic rings. The van der Waals surface area contributed by atoms with Crippen molar-refractivity contribution in [3.8, 4) is 0 Å². The van der Waals surface area contributed by atoms with Crippen LogP contribution in [-0.2, 0) is 9.53 Å². The van der Waals surface area contributed by atoms with Gasteiger partial charge in [0.2, 0.25) is 0 Å². The first-order chi connectivity index (χ1) is 8.47. The average Bonchev–Trinajstić information content (AvgIpc) is 2.30. The number of hydrogen-bond acceptors (Lipinski definition) is 3. The monoisotopic (exact) mass is 288 g/mol. The Hall–Kier alpha value is -1.03. The molecule has 1 unspecified atom stereocenters. The molecule has 0 bridgehead atoms. The molecule has 18 heavy (non-hydrogen) atoms. The number of carbonyl (C=O) groups excluding carboxylic acids is 1. The number of aliphatic hydroxyl groups is 1. The standard InChI is InChI=1S/C13H14Cl2O3/c1-3-18-13(17)10(8(2)16)7-9-5-4-6-11(14)12(9)15/h4-8,16H,3H2,1-2H3/b10-7-. The third kappa shape index (κ3) is 3.73. The Morgan fingerprint density at radius 3 is 2.72 bits per heavy atom. The van der Waals surface area contributed by atoms with Crippen molar-refractivity contribution in [3.05, 3.63) is 39.4 Å². The number of rotatable bonds is 4. The van der Waals surface area contributed by atoms with Crippen LogP contribution in [0.2, 0.25) is 10.0 Å². The number of ether oxygens (including phenoxy) is 1. The summed E-state index contributed by atoms with van der Waals surface area (Å²) in [5.74, 6) is -0.566. The zero-order valence-electron chi connectivity index (χ0n) is 10.1. The first kappa shape index (κ1) is 15.0. The highest BCUT2D eigenvalue weighted by Crippen LogP contribution is 2.27. The van der Waals surface area contributed by atoms with E-state index in [-0.39, 0.29) is 12.2 Å². The van der Waals surface area contributed by atoms with E-state index in [0.717, 1.165) is 0 Å². The van der Waals surface area contributed by atoms with Crippen molar-refractivity contribution in [2.24, 2.45) is 0 Å². The lowest BCUT2D eigenvalue weighted by atomic mass is 10.1. The lowest BCUT2D eigenvalue weighted by Gasteiger charge is -2.10. The smallest absolute Gasteiger partial charge is 0.336 e. The Bertz CT molecular complexity index is 467. The van der Waals surface area contributed by atoms with Gasteiger partial charge in [0.15, 0.2) is 0 Å². The van der Waals surface area contributed by atoms with Gasteiger partial charge in [-0.2, -0.15) is 0 Å². The number of halogens is 2. The Balaban J connectivity index is 3.16. The summed E-state index contributed by atoms with van der Waals surface area (Å²) < 4.78 is 4.86. The summed E-state index contributed by atoms with van der Waals surface area (Å²) in [6.07, 6.45) is 0.538. The summed E-state index contributed by atoms with van der Waals surface area (Å²) in [6, 6.07) is 5.06. The first-order valence-electron chi connectivity index (χ1n) is 5.48. The fraction of sp³-hybridized carbons (Fsp3) is 0.308. The molecule has 0 aliphatic rings. The molecule has 98 valence electrons. The molecule has 1 rings (SSSR count). The zero-order chi connectivity index (χ0) is 13.7. The summed E-state index contributed by atoms with van der Waals surface area (Å²) in [4.78, 5) is 11.7. The second kappa shape index (κ2) is 6.78. The third-order valence-electron chi connectivity index (χ3n) is 2.25. The summed E-state index contributed by atoms with van der Waals surface area (Å²) in [5, 5.41) is 10.3. The number of esters is 1. The van der Waals surface area contributed by atoms with Crippen molar-refractivity contribution >= 4 is 35.2 Å². The van der Waals surface area contributed by atoms with E-state index in [2.05, 4.69) is 0 Å². The summed E-state index contributed by atoms with van der Waals surface area (Å²) in [7, 11) is 0. The maximum Gasteiger partial charge on any atom is 0.336 e. The van der Waals surface area contributed by atoms with Crippen LogP contribution < -0.4 is 0 Å². The van der Waals surface area contributed by atoms with Gasteiger partial charge < -0.3 is 9.84 Å². The molecule has 3 nitrogen and oxygen atoms in total. The van der Waals surface area contributed by atoms with Crippen LogP contribution in [0.5, 0.6) is 0 Å². The van der Waals surface area contributed by atoms with E-state index < -0.39 is 12.1 Å². The predicted octanol–water partition coefficient (Wildman–Crippen LogP) is 3.32. The van der Waals surface area contributed by atoms with Gasteiger partial charge in [0.05, 0.1) is 28.3 Å². The first-order valence-corrected chi connectivity index (χ1v) is 6.23. The molecular weight excluding hydrogens is 275 g/mol. The Kier molecular flexibility index (Phi) is 5.66. The summed E-state index contributed by atoms with van der Waals surface area (Å²) >= 11 is 11.9. The van der Waals surface area contributed by atoms with Gasteiger partial charge in [0.25, 0.3) is 0 Å². The molecule has 0 saturated carbocycles. The topological polar surface area (TPSA) is 46.5 Å². The van der Waals surface area contributed by atoms with Crippen LogP contribution in [0.15, 0.2) is 23.8 Å². The van der Waals surface area contributed by atoms with Crippen molar-refractivity contribution in [3.63, 3.8) is 0 Å². The van der Waals surface area contributed by atoms with Crippen molar-refractivity contribution < 1.29 is 14.6 Å². The number of carbonyl (C=O) groups is 1. The quantitative estimate of drug-likeness (QED) is 0.683. The van der Waals surface area contributed by atoms with Gasteiger partial charge in [-0.3, -0.25) is 0 Å². The molecule has 0 aromatic heterocycles. The van der Waals surface area contributed by atoms with E-state index in [1.807, 2.05) is 0 Å². The van der Waals surface area contributed by atoms with Gasteiger partial charge in [-0.25, -0.2) is 4.79 Å². The van der Waals surface area contributed by atoms with Crippen LogP contribution in [0.3, 0.4) is 0 Å². The van der Waals surface area contributed by atoms with Crippen molar-refractivity contribution in [2.75, 3.05) is 6.61 Å². The van der Waals surface area contributed by atoms with Crippen LogP contribution in [-0.4, -0.2) is 23.8 Å². The molecule has 1 aromatic carbocycles. The molecule has 5 heteroatoms. The zero-order valence-corrected chi connectivity index (χ0v) is 11.6.